The molecule has 0 radical (unpaired) electrons. The van der Waals surface area contributed by atoms with Crippen LogP contribution in [0.5, 0.6) is 11.5 Å². The van der Waals surface area contributed by atoms with Crippen LogP contribution in [-0.4, -0.2) is 93.5 Å². The molecule has 3 N–H and O–H groups in total. The smallest absolute Gasteiger partial charge is 0.460 e. The Morgan fingerprint density at radius 3 is 1.55 bits per heavy atom. The molecule has 0 heterocycles. The summed E-state index contributed by atoms with van der Waals surface area (Å²) in [4.78, 5) is 24.9. The second-order valence-electron chi connectivity index (χ2n) is 15.5. The third-order valence-corrected chi connectivity index (χ3v) is 16.4. The summed E-state index contributed by atoms with van der Waals surface area (Å²) >= 11 is 0. The highest BCUT2D eigenvalue weighted by Crippen LogP contribution is 2.64. The monoisotopic (exact) mass is 1000 g/mol. The third-order valence-electron chi connectivity index (χ3n) is 10.7. The van der Waals surface area contributed by atoms with Crippen molar-refractivity contribution in [3.05, 3.63) is 65.2 Å². The summed E-state index contributed by atoms with van der Waals surface area (Å²) < 4.78 is 258. The van der Waals surface area contributed by atoms with Crippen molar-refractivity contribution < 1.29 is 108 Å². The molecule has 0 aromatic heterocycles. The summed E-state index contributed by atoms with van der Waals surface area (Å²) in [6.45, 7) is 7.14. The van der Waals surface area contributed by atoms with Gasteiger partial charge in [-0.3, -0.25) is 15.3 Å². The highest BCUT2D eigenvalue weighted by atomic mass is 28.4. The molecule has 2 aromatic rings. The Bertz CT molecular complexity index is 1970. The average molecular weight is 1000 g/mol. The Hall–Kier alpha value is -4.53. The van der Waals surface area contributed by atoms with Gasteiger partial charge in [0.15, 0.2) is 8.32 Å². The number of ether oxygens (including phenoxy) is 3. The van der Waals surface area contributed by atoms with E-state index in [0.29, 0.717) is 22.6 Å². The van der Waals surface area contributed by atoms with Crippen LogP contribution in [-0.2, 0) is 14.0 Å². The molecule has 0 saturated heterocycles. The minimum Gasteiger partial charge on any atom is -0.497 e. The molecular formula is C39H45F17N2O7Si. The van der Waals surface area contributed by atoms with E-state index in [1.54, 1.807) is 12.1 Å². The van der Waals surface area contributed by atoms with Gasteiger partial charge in [0, 0.05) is 24.1 Å². The van der Waals surface area contributed by atoms with Gasteiger partial charge in [0.2, 0.25) is 0 Å². The van der Waals surface area contributed by atoms with Gasteiger partial charge in [0.25, 0.3) is 5.91 Å². The molecule has 0 saturated carbocycles. The lowest BCUT2D eigenvalue weighted by Crippen LogP contribution is -2.74. The first-order chi connectivity index (χ1) is 29.9. The molecule has 1 atom stereocenters. The first-order valence-electron chi connectivity index (χ1n) is 19.2. The van der Waals surface area contributed by atoms with Crippen molar-refractivity contribution in [3.8, 4) is 11.5 Å². The maximum Gasteiger partial charge on any atom is 0.460 e. The van der Waals surface area contributed by atoms with Crippen LogP contribution in [0.15, 0.2) is 59.7 Å². The summed E-state index contributed by atoms with van der Waals surface area (Å²) in [5, 5.41) is 11.6. The van der Waals surface area contributed by atoms with Crippen LogP contribution in [0.25, 0.3) is 0 Å². The largest absolute Gasteiger partial charge is 0.497 e. The quantitative estimate of drug-likeness (QED) is 0.0254. The van der Waals surface area contributed by atoms with E-state index in [1.807, 2.05) is 0 Å². The normalized spacial score (nSPS) is 14.8. The maximum atomic E-state index is 15.0. The lowest BCUT2D eigenvalue weighted by atomic mass is 9.88. The summed E-state index contributed by atoms with van der Waals surface area (Å²) in [6, 6.07) is 10.4. The van der Waals surface area contributed by atoms with Crippen molar-refractivity contribution in [2.24, 2.45) is 0 Å². The van der Waals surface area contributed by atoms with Gasteiger partial charge in [-0.1, -0.05) is 45.4 Å². The molecule has 0 aliphatic rings. The predicted molar refractivity (Wildman–Crippen MR) is 203 cm³/mol. The highest BCUT2D eigenvalue weighted by molar-refractivity contribution is 6.76. The number of nitrogens with one attached hydrogen (secondary N) is 2. The fourth-order valence-corrected chi connectivity index (χ4v) is 10.9. The molecule has 2 amide bonds. The third kappa shape index (κ3) is 11.4. The number of anilines is 1. The van der Waals surface area contributed by atoms with Crippen LogP contribution >= 0.6 is 0 Å². The lowest BCUT2D eigenvalue weighted by Gasteiger charge is -2.44. The summed E-state index contributed by atoms with van der Waals surface area (Å²) in [6.07, 6.45) is -12.5. The van der Waals surface area contributed by atoms with E-state index in [1.165, 1.54) is 90.5 Å². The molecule has 0 fully saturated rings. The van der Waals surface area contributed by atoms with Gasteiger partial charge in [-0.15, -0.1) is 0 Å². The second kappa shape index (κ2) is 20.8. The number of hydroxylamine groups is 1. The Labute approximate surface area is 367 Å². The number of hydrogen-bond acceptors (Lipinski definition) is 7. The van der Waals surface area contributed by atoms with Crippen LogP contribution in [0.4, 0.5) is 85.1 Å². The summed E-state index contributed by atoms with van der Waals surface area (Å²) in [5.41, 5.74) is 0.810. The SMILES string of the molecule is COc1ccc(NC(=O)O[C@H](C/C(C)=C(\C)C(=O)NO)c2ccc(OCCO[Si](CCC(F)(F)C(F)(F)C(F)(F)C(F)(F)C(F)(F)C(F)(F)C(F)(F)C(F)(F)F)(C(C)C)C(C)C)cc2)cc1. The lowest BCUT2D eigenvalue weighted by molar-refractivity contribution is -0.461. The van der Waals surface area contributed by atoms with Crippen LogP contribution in [0.2, 0.25) is 17.1 Å². The van der Waals surface area contributed by atoms with Crippen molar-refractivity contribution in [3.63, 3.8) is 0 Å². The van der Waals surface area contributed by atoms with Crippen molar-refractivity contribution >= 4 is 26.0 Å². The van der Waals surface area contributed by atoms with Gasteiger partial charge in [-0.05, 0) is 72.9 Å². The maximum absolute atomic E-state index is 15.0. The number of carbonyl (C=O) groups excluding carboxylic acids is 2. The minimum absolute atomic E-state index is 0.0746. The molecule has 376 valence electrons. The fraction of sp³-hybridized carbons (Fsp3) is 0.590. The first-order valence-corrected chi connectivity index (χ1v) is 21.4. The molecule has 0 spiro atoms. The number of carbonyl (C=O) groups is 2. The van der Waals surface area contributed by atoms with E-state index < -0.39 is 111 Å². The number of alkyl halides is 17. The summed E-state index contributed by atoms with van der Waals surface area (Å²) in [5.74, 6) is -57.2. The molecule has 0 aliphatic heterocycles. The number of rotatable bonds is 23. The predicted octanol–water partition coefficient (Wildman–Crippen LogP) is 12.8. The Morgan fingerprint density at radius 2 is 1.11 bits per heavy atom. The Balaban J connectivity index is 2.31. The van der Waals surface area contributed by atoms with Crippen molar-refractivity contribution in [2.45, 2.75) is 125 Å². The van der Waals surface area contributed by atoms with E-state index in [4.69, 9.17) is 23.8 Å². The Kier molecular flexibility index (Phi) is 18.1. The van der Waals surface area contributed by atoms with Crippen molar-refractivity contribution in [1.82, 2.24) is 5.48 Å². The van der Waals surface area contributed by atoms with Gasteiger partial charge in [-0.2, -0.15) is 74.6 Å². The molecule has 27 heteroatoms. The molecule has 0 bridgehead atoms. The van der Waals surface area contributed by atoms with E-state index in [-0.39, 0.29) is 17.7 Å². The zero-order valence-corrected chi connectivity index (χ0v) is 36.7. The molecule has 2 aromatic carbocycles. The molecule has 0 unspecified atom stereocenters. The van der Waals surface area contributed by atoms with Crippen LogP contribution in [0.1, 0.15) is 66.1 Å². The molecule has 9 nitrogen and oxygen atoms in total. The topological polar surface area (TPSA) is 115 Å². The zero-order valence-electron chi connectivity index (χ0n) is 35.7. The summed E-state index contributed by atoms with van der Waals surface area (Å²) in [7, 11) is -2.60. The number of benzene rings is 2. The van der Waals surface area contributed by atoms with Gasteiger partial charge in [-0.25, -0.2) is 10.3 Å². The van der Waals surface area contributed by atoms with Crippen molar-refractivity contribution in [2.75, 3.05) is 25.6 Å². The van der Waals surface area contributed by atoms with Gasteiger partial charge >= 0.3 is 53.7 Å². The average Bonchev–Trinajstić information content (AvgIpc) is 3.21. The molecule has 2 rings (SSSR count). The molecule has 66 heavy (non-hydrogen) atoms. The van der Waals surface area contributed by atoms with E-state index in [2.05, 4.69) is 5.32 Å². The van der Waals surface area contributed by atoms with Crippen LogP contribution in [0, 0.1) is 0 Å². The van der Waals surface area contributed by atoms with Gasteiger partial charge in [0.05, 0.1) is 13.7 Å². The number of methoxy groups -OCH3 is 1. The van der Waals surface area contributed by atoms with E-state index >= 15 is 0 Å². The van der Waals surface area contributed by atoms with Crippen LogP contribution < -0.4 is 20.3 Å². The number of hydrogen-bond donors (Lipinski definition) is 3. The molecular weight excluding hydrogens is 959 g/mol. The van der Waals surface area contributed by atoms with E-state index in [0.717, 1.165) is 0 Å². The van der Waals surface area contributed by atoms with E-state index in [9.17, 15) is 84.2 Å². The zero-order chi connectivity index (χ0) is 51.3. The van der Waals surface area contributed by atoms with Gasteiger partial charge < -0.3 is 18.6 Å². The minimum atomic E-state index is -8.71. The highest BCUT2D eigenvalue weighted by Gasteiger charge is 2.95. The first kappa shape index (κ1) is 57.6. The number of halogens is 17. The van der Waals surface area contributed by atoms with Gasteiger partial charge in [0.1, 0.15) is 24.2 Å². The second-order valence-corrected chi connectivity index (χ2v) is 20.5. The number of amides is 2. The standard InChI is InChI=1S/C39H45F17N2O7Si/c1-21(2)66(22(3)4,19-16-32(40,41)33(42,43)34(44,45)35(46,47)36(48,49)37(50,51)38(52,53)39(54,55)56)64-18-17-63-28-12-8-25(9-13-28)29(20-23(5)24(6)30(59)58-61)65-31(60)57-26-10-14-27(62-7)15-11-26/h8-15,21-22,29,61H,16-20H2,1-7H3,(H,57,60)(H,58,59)/b24-23+/t29-/m1/s1. The molecule has 0 aliphatic carbocycles. The van der Waals surface area contributed by atoms with Crippen LogP contribution in [0.3, 0.4) is 0 Å². The fourth-order valence-electron chi connectivity index (χ4n) is 6.41. The van der Waals surface area contributed by atoms with Crippen molar-refractivity contribution in [1.29, 1.82) is 0 Å². The Morgan fingerprint density at radius 1 is 0.652 bits per heavy atom.